The van der Waals surface area contributed by atoms with Crippen molar-refractivity contribution in [3.63, 3.8) is 0 Å². The monoisotopic (exact) mass is 216 g/mol. The number of aliphatic hydroxyl groups is 1. The molecule has 0 bridgehead atoms. The first-order chi connectivity index (χ1) is 6.26. The minimum absolute atomic E-state index is 0.175. The van der Waals surface area contributed by atoms with Gasteiger partial charge in [0.15, 0.2) is 0 Å². The van der Waals surface area contributed by atoms with Crippen LogP contribution in [0.25, 0.3) is 0 Å². The Bertz CT molecular complexity index is 245. The predicted octanol–water partition coefficient (Wildman–Crippen LogP) is 3.38. The van der Waals surface area contributed by atoms with Gasteiger partial charge in [0.25, 0.3) is 0 Å². The Kier molecular flexibility index (Phi) is 4.84. The highest BCUT2D eigenvalue weighted by atomic mass is 32.2. The Balaban J connectivity index is 2.36. The molecule has 0 aliphatic carbocycles. The van der Waals surface area contributed by atoms with Crippen LogP contribution in [-0.4, -0.2) is 10.9 Å². The second kappa shape index (κ2) is 5.68. The lowest BCUT2D eigenvalue weighted by atomic mass is 10.2. The van der Waals surface area contributed by atoms with E-state index in [0.29, 0.717) is 0 Å². The first kappa shape index (κ1) is 11.1. The van der Waals surface area contributed by atoms with Crippen molar-refractivity contribution < 1.29 is 5.11 Å². The van der Waals surface area contributed by atoms with Crippen molar-refractivity contribution >= 4 is 23.1 Å². The summed E-state index contributed by atoms with van der Waals surface area (Å²) in [6, 6.07) is 4.10. The van der Waals surface area contributed by atoms with Gasteiger partial charge in [0.05, 0.1) is 10.8 Å². The van der Waals surface area contributed by atoms with Gasteiger partial charge >= 0.3 is 0 Å². The molecule has 1 aromatic rings. The third-order valence-electron chi connectivity index (χ3n) is 2.00. The standard InChI is InChI=1S/C10H16OS2/c1-3-8(2)7-12-10-5-4-9(6-11)13-10/h4-5,8,11H,3,6-7H2,1-2H3. The molecule has 1 nitrogen and oxygen atoms in total. The van der Waals surface area contributed by atoms with Crippen LogP contribution in [0.3, 0.4) is 0 Å². The Morgan fingerprint density at radius 1 is 1.54 bits per heavy atom. The van der Waals surface area contributed by atoms with Gasteiger partial charge in [0.1, 0.15) is 0 Å². The molecule has 1 heterocycles. The van der Waals surface area contributed by atoms with E-state index in [2.05, 4.69) is 19.9 Å². The van der Waals surface area contributed by atoms with Gasteiger partial charge in [-0.05, 0) is 18.1 Å². The molecule has 0 spiro atoms. The summed E-state index contributed by atoms with van der Waals surface area (Å²) >= 11 is 3.60. The zero-order valence-corrected chi connectivity index (χ0v) is 9.75. The summed E-state index contributed by atoms with van der Waals surface area (Å²) < 4.78 is 1.32. The summed E-state index contributed by atoms with van der Waals surface area (Å²) in [5, 5.41) is 8.88. The zero-order chi connectivity index (χ0) is 9.68. The molecule has 0 aliphatic heterocycles. The van der Waals surface area contributed by atoms with Crippen LogP contribution in [-0.2, 0) is 6.61 Å². The quantitative estimate of drug-likeness (QED) is 0.761. The van der Waals surface area contributed by atoms with Crippen LogP contribution >= 0.6 is 23.1 Å². The van der Waals surface area contributed by atoms with Crippen molar-refractivity contribution in [1.82, 2.24) is 0 Å². The van der Waals surface area contributed by atoms with Gasteiger partial charge in [-0.15, -0.1) is 23.1 Å². The summed E-state index contributed by atoms with van der Waals surface area (Å²) in [5.74, 6) is 1.96. The largest absolute Gasteiger partial charge is 0.391 e. The van der Waals surface area contributed by atoms with Crippen molar-refractivity contribution in [3.8, 4) is 0 Å². The van der Waals surface area contributed by atoms with E-state index in [0.717, 1.165) is 10.8 Å². The van der Waals surface area contributed by atoms with Crippen molar-refractivity contribution in [2.24, 2.45) is 5.92 Å². The van der Waals surface area contributed by atoms with E-state index < -0.39 is 0 Å². The number of hydrogen-bond acceptors (Lipinski definition) is 3. The van der Waals surface area contributed by atoms with Crippen LogP contribution in [0.4, 0.5) is 0 Å². The maximum Gasteiger partial charge on any atom is 0.0774 e. The molecule has 0 amide bonds. The molecule has 1 N–H and O–H groups in total. The number of aliphatic hydroxyl groups excluding tert-OH is 1. The smallest absolute Gasteiger partial charge is 0.0774 e. The molecule has 1 aromatic heterocycles. The van der Waals surface area contributed by atoms with Crippen molar-refractivity contribution in [3.05, 3.63) is 17.0 Å². The van der Waals surface area contributed by atoms with Gasteiger partial charge in [-0.3, -0.25) is 0 Å². The van der Waals surface area contributed by atoms with Crippen LogP contribution in [0, 0.1) is 5.92 Å². The number of thioether (sulfide) groups is 1. The second-order valence-electron chi connectivity index (χ2n) is 3.20. The highest BCUT2D eigenvalue weighted by molar-refractivity contribution is 8.01. The summed E-state index contributed by atoms with van der Waals surface area (Å²) in [7, 11) is 0. The van der Waals surface area contributed by atoms with E-state index >= 15 is 0 Å². The van der Waals surface area contributed by atoms with E-state index in [-0.39, 0.29) is 6.61 Å². The molecule has 74 valence electrons. The van der Waals surface area contributed by atoms with Crippen molar-refractivity contribution in [2.75, 3.05) is 5.75 Å². The molecule has 1 rings (SSSR count). The Labute approximate surface area is 88.2 Å². The van der Waals surface area contributed by atoms with Crippen LogP contribution in [0.1, 0.15) is 25.1 Å². The average molecular weight is 216 g/mol. The lowest BCUT2D eigenvalue weighted by molar-refractivity contribution is 0.285. The van der Waals surface area contributed by atoms with E-state index in [1.807, 2.05) is 17.8 Å². The molecule has 0 aromatic carbocycles. The summed E-state index contributed by atoms with van der Waals surface area (Å²) in [5.41, 5.74) is 0. The zero-order valence-electron chi connectivity index (χ0n) is 8.12. The van der Waals surface area contributed by atoms with Crippen molar-refractivity contribution in [2.45, 2.75) is 31.1 Å². The third-order valence-corrected chi connectivity index (χ3v) is 4.62. The molecule has 0 saturated carbocycles. The Hall–Kier alpha value is 0.01000. The summed E-state index contributed by atoms with van der Waals surface area (Å²) in [6.07, 6.45) is 1.24. The van der Waals surface area contributed by atoms with E-state index in [4.69, 9.17) is 5.11 Å². The lowest BCUT2D eigenvalue weighted by Crippen LogP contribution is -1.93. The third kappa shape index (κ3) is 3.71. The Morgan fingerprint density at radius 2 is 2.31 bits per heavy atom. The van der Waals surface area contributed by atoms with Crippen LogP contribution in [0.2, 0.25) is 0 Å². The first-order valence-corrected chi connectivity index (χ1v) is 6.38. The van der Waals surface area contributed by atoms with Gasteiger partial charge in [-0.2, -0.15) is 0 Å². The number of rotatable bonds is 5. The maximum absolute atomic E-state index is 8.88. The molecule has 0 radical (unpaired) electrons. The number of thiophene rings is 1. The first-order valence-electron chi connectivity index (χ1n) is 4.58. The molecular weight excluding hydrogens is 200 g/mol. The van der Waals surface area contributed by atoms with Gasteiger partial charge in [-0.1, -0.05) is 20.3 Å². The van der Waals surface area contributed by atoms with Gasteiger partial charge in [0.2, 0.25) is 0 Å². The van der Waals surface area contributed by atoms with E-state index in [1.165, 1.54) is 16.4 Å². The predicted molar refractivity (Wildman–Crippen MR) is 60.4 cm³/mol. The normalized spacial score (nSPS) is 13.2. The summed E-state index contributed by atoms with van der Waals surface area (Å²) in [4.78, 5) is 1.06. The van der Waals surface area contributed by atoms with Crippen molar-refractivity contribution in [1.29, 1.82) is 0 Å². The van der Waals surface area contributed by atoms with Gasteiger partial charge < -0.3 is 5.11 Å². The minimum Gasteiger partial charge on any atom is -0.391 e. The molecule has 13 heavy (non-hydrogen) atoms. The molecule has 1 atom stereocenters. The molecular formula is C10H16OS2. The molecule has 3 heteroatoms. The minimum atomic E-state index is 0.175. The van der Waals surface area contributed by atoms with E-state index in [9.17, 15) is 0 Å². The van der Waals surface area contributed by atoms with Gasteiger partial charge in [0, 0.05) is 10.6 Å². The fourth-order valence-electron chi connectivity index (χ4n) is 0.863. The fraction of sp³-hybridized carbons (Fsp3) is 0.600. The number of hydrogen-bond donors (Lipinski definition) is 1. The van der Waals surface area contributed by atoms with Gasteiger partial charge in [-0.25, -0.2) is 0 Å². The highest BCUT2D eigenvalue weighted by Crippen LogP contribution is 2.29. The van der Waals surface area contributed by atoms with E-state index in [1.54, 1.807) is 11.3 Å². The van der Waals surface area contributed by atoms with Crippen LogP contribution in [0.15, 0.2) is 16.3 Å². The SMILES string of the molecule is CCC(C)CSc1ccc(CO)s1. The van der Waals surface area contributed by atoms with Crippen LogP contribution in [0.5, 0.6) is 0 Å². The molecule has 0 fully saturated rings. The summed E-state index contributed by atoms with van der Waals surface area (Å²) in [6.45, 7) is 4.67. The second-order valence-corrected chi connectivity index (χ2v) is 5.69. The maximum atomic E-state index is 8.88. The molecule has 0 aliphatic rings. The lowest BCUT2D eigenvalue weighted by Gasteiger charge is -2.05. The fourth-order valence-corrected chi connectivity index (χ4v) is 3.07. The molecule has 1 unspecified atom stereocenters. The average Bonchev–Trinajstić information content (AvgIpc) is 2.61. The molecule has 0 saturated heterocycles. The van der Waals surface area contributed by atoms with Crippen LogP contribution < -0.4 is 0 Å². The topological polar surface area (TPSA) is 20.2 Å². The Morgan fingerprint density at radius 3 is 2.85 bits per heavy atom. The highest BCUT2D eigenvalue weighted by Gasteiger charge is 2.02.